The van der Waals surface area contributed by atoms with Gasteiger partial charge in [0, 0.05) is 18.4 Å². The van der Waals surface area contributed by atoms with Crippen LogP contribution in [-0.2, 0) is 11.2 Å². The highest BCUT2D eigenvalue weighted by Crippen LogP contribution is 2.17. The Morgan fingerprint density at radius 2 is 1.81 bits per heavy atom. The van der Waals surface area contributed by atoms with Crippen molar-refractivity contribution in [2.45, 2.75) is 26.2 Å². The van der Waals surface area contributed by atoms with E-state index in [1.54, 1.807) is 12.1 Å². The minimum Gasteiger partial charge on any atom is -0.508 e. The molecule has 0 fully saturated rings. The summed E-state index contributed by atoms with van der Waals surface area (Å²) < 4.78 is 0. The van der Waals surface area contributed by atoms with Crippen molar-refractivity contribution >= 4 is 11.6 Å². The first-order valence-corrected chi connectivity index (χ1v) is 8.52. The molecule has 5 heteroatoms. The zero-order valence-corrected chi connectivity index (χ0v) is 15.0. The van der Waals surface area contributed by atoms with E-state index in [9.17, 15) is 15.2 Å². The number of carbonyl (C=O) groups excluding carboxylic acids is 1. The van der Waals surface area contributed by atoms with E-state index in [1.165, 1.54) is 11.8 Å². The Hall–Kier alpha value is -3.26. The number of amides is 1. The second-order valence-electron chi connectivity index (χ2n) is 6.27. The molecule has 5 nitrogen and oxygen atoms in total. The lowest BCUT2D eigenvalue weighted by Gasteiger charge is -2.08. The van der Waals surface area contributed by atoms with Gasteiger partial charge in [-0.05, 0) is 47.7 Å². The first-order chi connectivity index (χ1) is 12.5. The van der Waals surface area contributed by atoms with E-state index in [1.807, 2.05) is 42.5 Å². The van der Waals surface area contributed by atoms with Crippen LogP contribution in [0.1, 0.15) is 30.9 Å². The van der Waals surface area contributed by atoms with Gasteiger partial charge in [-0.1, -0.05) is 38.1 Å². The average molecular weight is 349 g/mol. The van der Waals surface area contributed by atoms with E-state index in [4.69, 9.17) is 0 Å². The lowest BCUT2D eigenvalue weighted by Crippen LogP contribution is -2.18. The third-order valence-electron chi connectivity index (χ3n) is 3.94. The number of phenolic OH excluding ortho intramolecular Hbond substituents is 1. The molecular weight excluding hydrogens is 326 g/mol. The fraction of sp³-hybridized carbons (Fsp3) is 0.238. The Bertz CT molecular complexity index is 801. The highest BCUT2D eigenvalue weighted by Gasteiger charge is 2.09. The van der Waals surface area contributed by atoms with Gasteiger partial charge in [0.15, 0.2) is 0 Å². The van der Waals surface area contributed by atoms with Crippen LogP contribution in [-0.4, -0.2) is 17.6 Å². The number of hydrogen-bond acceptors (Lipinski definition) is 4. The van der Waals surface area contributed by atoms with Gasteiger partial charge in [-0.2, -0.15) is 5.26 Å². The molecule has 0 bridgehead atoms. The standard InChI is InChI=1S/C21H23N3O2/c1-15(2)17-5-7-19(8-6-17)24-21(26)18(13-22)14-23-12-11-16-3-9-20(25)10-4-16/h3-10,14-15,23,25H,11-12H2,1-2H3,(H,24,26)/b18-14-. The third kappa shape index (κ3) is 5.67. The van der Waals surface area contributed by atoms with Crippen molar-refractivity contribution in [1.82, 2.24) is 5.32 Å². The van der Waals surface area contributed by atoms with Crippen LogP contribution in [0.25, 0.3) is 0 Å². The highest BCUT2D eigenvalue weighted by molar-refractivity contribution is 6.06. The molecule has 0 spiro atoms. The summed E-state index contributed by atoms with van der Waals surface area (Å²) in [5.74, 6) is 0.209. The minimum atomic E-state index is -0.443. The molecule has 0 aliphatic heterocycles. The van der Waals surface area contributed by atoms with E-state index < -0.39 is 5.91 Å². The van der Waals surface area contributed by atoms with Gasteiger partial charge < -0.3 is 15.7 Å². The van der Waals surface area contributed by atoms with Gasteiger partial charge >= 0.3 is 0 Å². The van der Waals surface area contributed by atoms with Gasteiger partial charge in [-0.25, -0.2) is 0 Å². The van der Waals surface area contributed by atoms with Crippen molar-refractivity contribution in [1.29, 1.82) is 5.26 Å². The van der Waals surface area contributed by atoms with Crippen LogP contribution in [0.4, 0.5) is 5.69 Å². The lowest BCUT2D eigenvalue weighted by molar-refractivity contribution is -0.112. The maximum Gasteiger partial charge on any atom is 0.267 e. The Morgan fingerprint density at radius 1 is 1.15 bits per heavy atom. The van der Waals surface area contributed by atoms with Crippen LogP contribution >= 0.6 is 0 Å². The Morgan fingerprint density at radius 3 is 2.38 bits per heavy atom. The molecule has 0 radical (unpaired) electrons. The molecule has 0 aliphatic carbocycles. The Kier molecular flexibility index (Phi) is 6.81. The summed E-state index contributed by atoms with van der Waals surface area (Å²) in [4.78, 5) is 12.2. The van der Waals surface area contributed by atoms with Crippen LogP contribution in [0.3, 0.4) is 0 Å². The number of carbonyl (C=O) groups is 1. The van der Waals surface area contributed by atoms with E-state index in [0.29, 0.717) is 24.6 Å². The molecule has 0 heterocycles. The molecule has 3 N–H and O–H groups in total. The molecular formula is C21H23N3O2. The van der Waals surface area contributed by atoms with Crippen LogP contribution < -0.4 is 10.6 Å². The molecule has 0 aliphatic rings. The molecule has 1 amide bonds. The largest absolute Gasteiger partial charge is 0.508 e. The van der Waals surface area contributed by atoms with Crippen molar-refractivity contribution in [2.75, 3.05) is 11.9 Å². The van der Waals surface area contributed by atoms with Crippen LogP contribution in [0.5, 0.6) is 5.75 Å². The number of aromatic hydroxyl groups is 1. The van der Waals surface area contributed by atoms with Crippen LogP contribution in [0.2, 0.25) is 0 Å². The average Bonchev–Trinajstić information content (AvgIpc) is 2.63. The number of anilines is 1. The number of nitriles is 1. The van der Waals surface area contributed by atoms with E-state index in [2.05, 4.69) is 24.5 Å². The normalized spacial score (nSPS) is 11.1. The molecule has 0 unspecified atom stereocenters. The highest BCUT2D eigenvalue weighted by atomic mass is 16.3. The quantitative estimate of drug-likeness (QED) is 0.404. The van der Waals surface area contributed by atoms with E-state index in [0.717, 1.165) is 5.56 Å². The predicted molar refractivity (Wildman–Crippen MR) is 103 cm³/mol. The van der Waals surface area contributed by atoms with Gasteiger partial charge in [-0.3, -0.25) is 4.79 Å². The third-order valence-corrected chi connectivity index (χ3v) is 3.94. The molecule has 0 saturated heterocycles. The van der Waals surface area contributed by atoms with Crippen molar-refractivity contribution in [3.63, 3.8) is 0 Å². The number of benzene rings is 2. The molecule has 134 valence electrons. The van der Waals surface area contributed by atoms with E-state index in [-0.39, 0.29) is 11.3 Å². The number of nitrogens with zero attached hydrogens (tertiary/aromatic N) is 1. The molecule has 2 rings (SSSR count). The van der Waals surface area contributed by atoms with Crippen molar-refractivity contribution in [2.24, 2.45) is 0 Å². The Balaban J connectivity index is 1.87. The lowest BCUT2D eigenvalue weighted by atomic mass is 10.0. The summed E-state index contributed by atoms with van der Waals surface area (Å²) in [5, 5.41) is 24.2. The van der Waals surface area contributed by atoms with E-state index >= 15 is 0 Å². The first-order valence-electron chi connectivity index (χ1n) is 8.52. The van der Waals surface area contributed by atoms with Gasteiger partial charge in [0.05, 0.1) is 0 Å². The maximum absolute atomic E-state index is 12.2. The molecule has 26 heavy (non-hydrogen) atoms. The predicted octanol–water partition coefficient (Wildman–Crippen LogP) is 3.69. The summed E-state index contributed by atoms with van der Waals surface area (Å²) in [6, 6.07) is 16.4. The van der Waals surface area contributed by atoms with Gasteiger partial charge in [-0.15, -0.1) is 0 Å². The number of nitrogens with one attached hydrogen (secondary N) is 2. The molecule has 0 aromatic heterocycles. The van der Waals surface area contributed by atoms with Gasteiger partial charge in [0.25, 0.3) is 5.91 Å². The maximum atomic E-state index is 12.2. The van der Waals surface area contributed by atoms with Crippen molar-refractivity contribution < 1.29 is 9.90 Å². The second-order valence-corrected chi connectivity index (χ2v) is 6.27. The minimum absolute atomic E-state index is 0.0173. The fourth-order valence-corrected chi connectivity index (χ4v) is 2.35. The Labute approximate surface area is 154 Å². The van der Waals surface area contributed by atoms with Crippen molar-refractivity contribution in [3.8, 4) is 11.8 Å². The second kappa shape index (κ2) is 9.28. The number of hydrogen-bond donors (Lipinski definition) is 3. The van der Waals surface area contributed by atoms with Crippen molar-refractivity contribution in [3.05, 3.63) is 71.4 Å². The zero-order valence-electron chi connectivity index (χ0n) is 15.0. The zero-order chi connectivity index (χ0) is 18.9. The van der Waals surface area contributed by atoms with Gasteiger partial charge in [0.1, 0.15) is 17.4 Å². The summed E-state index contributed by atoms with van der Waals surface area (Å²) >= 11 is 0. The molecule has 0 saturated carbocycles. The molecule has 2 aromatic rings. The SMILES string of the molecule is CC(C)c1ccc(NC(=O)/C(C#N)=C\NCCc2ccc(O)cc2)cc1. The summed E-state index contributed by atoms with van der Waals surface area (Å²) in [6.45, 7) is 4.79. The topological polar surface area (TPSA) is 85.2 Å². The van der Waals surface area contributed by atoms with Crippen LogP contribution in [0.15, 0.2) is 60.3 Å². The van der Waals surface area contributed by atoms with Crippen LogP contribution in [0, 0.1) is 11.3 Å². The van der Waals surface area contributed by atoms with Gasteiger partial charge in [0.2, 0.25) is 0 Å². The molecule has 0 atom stereocenters. The summed E-state index contributed by atoms with van der Waals surface area (Å²) in [5.41, 5.74) is 2.92. The smallest absolute Gasteiger partial charge is 0.267 e. The molecule has 2 aromatic carbocycles. The fourth-order valence-electron chi connectivity index (χ4n) is 2.35. The summed E-state index contributed by atoms with van der Waals surface area (Å²) in [6.07, 6.45) is 2.14. The summed E-state index contributed by atoms with van der Waals surface area (Å²) in [7, 11) is 0. The number of rotatable bonds is 7. The number of phenols is 1. The first kappa shape index (κ1) is 19.1. The monoisotopic (exact) mass is 349 g/mol.